The average molecular weight is 363 g/mol. The second kappa shape index (κ2) is 7.21. The van der Waals surface area contributed by atoms with E-state index in [0.29, 0.717) is 16.8 Å². The number of nitrogens with zero attached hydrogens (tertiary/aromatic N) is 4. The van der Waals surface area contributed by atoms with Crippen LogP contribution in [0.15, 0.2) is 55.1 Å². The van der Waals surface area contributed by atoms with Crippen molar-refractivity contribution >= 4 is 5.91 Å². The van der Waals surface area contributed by atoms with Gasteiger partial charge in [-0.3, -0.25) is 9.78 Å². The minimum atomic E-state index is -4.74. The molecule has 0 aliphatic carbocycles. The highest BCUT2D eigenvalue weighted by molar-refractivity contribution is 5.94. The Morgan fingerprint density at radius 3 is 2.62 bits per heavy atom. The number of halogens is 3. The highest BCUT2D eigenvalue weighted by Gasteiger charge is 2.30. The molecule has 3 aromatic rings. The van der Waals surface area contributed by atoms with Crippen LogP contribution >= 0.6 is 0 Å². The van der Waals surface area contributed by atoms with Crippen molar-refractivity contribution in [2.24, 2.45) is 0 Å². The summed E-state index contributed by atoms with van der Waals surface area (Å²) in [5.74, 6) is -0.701. The topological polar surface area (TPSA) is 81.9 Å². The number of carbonyl (C=O) groups is 1. The molecule has 2 aromatic heterocycles. The van der Waals surface area contributed by atoms with E-state index in [-0.39, 0.29) is 18.2 Å². The van der Waals surface area contributed by atoms with Crippen molar-refractivity contribution in [3.8, 4) is 11.4 Å². The first kappa shape index (κ1) is 17.4. The lowest BCUT2D eigenvalue weighted by Gasteiger charge is -2.10. The zero-order chi connectivity index (χ0) is 18.6. The molecule has 0 spiro atoms. The highest BCUT2D eigenvalue weighted by atomic mass is 19.4. The minimum absolute atomic E-state index is 0.138. The lowest BCUT2D eigenvalue weighted by atomic mass is 10.2. The van der Waals surface area contributed by atoms with Gasteiger partial charge in [0, 0.05) is 12.7 Å². The Balaban J connectivity index is 1.61. The molecule has 0 bridgehead atoms. The zero-order valence-corrected chi connectivity index (χ0v) is 13.1. The molecule has 0 saturated heterocycles. The number of alkyl halides is 3. The molecule has 0 unspecified atom stereocenters. The van der Waals surface area contributed by atoms with E-state index in [1.54, 1.807) is 12.3 Å². The summed E-state index contributed by atoms with van der Waals surface area (Å²) in [6.45, 7) is 0.138. The molecule has 0 aliphatic rings. The van der Waals surface area contributed by atoms with E-state index >= 15 is 0 Å². The van der Waals surface area contributed by atoms with Gasteiger partial charge in [-0.2, -0.15) is 0 Å². The standard InChI is InChI=1S/C16H12F3N5O2/c17-16(18,19)26-14-3-1-11(2-4-14)8-21-15(25)12-7-13(10-20-9-12)24-6-5-22-23-24/h1-7,9-10H,8H2,(H,21,25). The van der Waals surface area contributed by atoms with Gasteiger partial charge in [0.05, 0.1) is 29.8 Å². The third kappa shape index (κ3) is 4.56. The summed E-state index contributed by atoms with van der Waals surface area (Å²) in [6, 6.07) is 6.83. The number of amides is 1. The third-order valence-electron chi connectivity index (χ3n) is 3.28. The number of pyridine rings is 1. The maximum Gasteiger partial charge on any atom is 0.573 e. The van der Waals surface area contributed by atoms with Crippen LogP contribution in [0.3, 0.4) is 0 Å². The largest absolute Gasteiger partial charge is 0.573 e. The normalized spacial score (nSPS) is 11.2. The maximum absolute atomic E-state index is 12.2. The molecule has 134 valence electrons. The Bertz CT molecular complexity index is 880. The van der Waals surface area contributed by atoms with Crippen LogP contribution in [0.4, 0.5) is 13.2 Å². The predicted octanol–water partition coefficient (Wildman–Crippen LogP) is 2.49. The van der Waals surface area contributed by atoms with Crippen LogP contribution in [0.1, 0.15) is 15.9 Å². The molecule has 2 heterocycles. The molecule has 0 fully saturated rings. The number of nitrogens with one attached hydrogen (secondary N) is 1. The molecule has 1 amide bonds. The van der Waals surface area contributed by atoms with E-state index in [4.69, 9.17) is 0 Å². The monoisotopic (exact) mass is 363 g/mol. The van der Waals surface area contributed by atoms with E-state index < -0.39 is 6.36 Å². The molecule has 0 atom stereocenters. The van der Waals surface area contributed by atoms with Crippen molar-refractivity contribution < 1.29 is 22.7 Å². The van der Waals surface area contributed by atoms with Gasteiger partial charge in [-0.15, -0.1) is 18.3 Å². The summed E-state index contributed by atoms with van der Waals surface area (Å²) >= 11 is 0. The van der Waals surface area contributed by atoms with Crippen LogP contribution in [0.2, 0.25) is 0 Å². The summed E-state index contributed by atoms with van der Waals surface area (Å²) in [5, 5.41) is 10.2. The first-order chi connectivity index (χ1) is 12.4. The van der Waals surface area contributed by atoms with Crippen molar-refractivity contribution in [3.05, 3.63) is 66.2 Å². The number of rotatable bonds is 5. The van der Waals surface area contributed by atoms with Gasteiger partial charge < -0.3 is 10.1 Å². The number of benzene rings is 1. The second-order valence-electron chi connectivity index (χ2n) is 5.15. The molecule has 10 heteroatoms. The van der Waals surface area contributed by atoms with Crippen LogP contribution in [-0.2, 0) is 6.54 Å². The average Bonchev–Trinajstić information content (AvgIpc) is 3.14. The zero-order valence-electron chi connectivity index (χ0n) is 13.1. The molecule has 1 N–H and O–H groups in total. The Labute approximate surface area is 145 Å². The van der Waals surface area contributed by atoms with Crippen LogP contribution in [-0.4, -0.2) is 32.2 Å². The summed E-state index contributed by atoms with van der Waals surface area (Å²) in [7, 11) is 0. The highest BCUT2D eigenvalue weighted by Crippen LogP contribution is 2.22. The molecule has 26 heavy (non-hydrogen) atoms. The van der Waals surface area contributed by atoms with Gasteiger partial charge in [-0.25, -0.2) is 4.68 Å². The molecular weight excluding hydrogens is 351 g/mol. The van der Waals surface area contributed by atoms with E-state index in [0.717, 1.165) is 0 Å². The summed E-state index contributed by atoms with van der Waals surface area (Å²) in [6.07, 6.45) is 1.31. The van der Waals surface area contributed by atoms with Crippen molar-refractivity contribution in [1.29, 1.82) is 0 Å². The lowest BCUT2D eigenvalue weighted by molar-refractivity contribution is -0.274. The molecular formula is C16H12F3N5O2. The van der Waals surface area contributed by atoms with Gasteiger partial charge in [0.1, 0.15) is 5.75 Å². The first-order valence-electron chi connectivity index (χ1n) is 7.35. The second-order valence-corrected chi connectivity index (χ2v) is 5.15. The number of ether oxygens (including phenoxy) is 1. The number of aromatic nitrogens is 4. The Morgan fingerprint density at radius 2 is 1.96 bits per heavy atom. The fourth-order valence-electron chi connectivity index (χ4n) is 2.12. The number of hydrogen-bond acceptors (Lipinski definition) is 5. The smallest absolute Gasteiger partial charge is 0.406 e. The molecule has 3 rings (SSSR count). The van der Waals surface area contributed by atoms with Crippen molar-refractivity contribution in [3.63, 3.8) is 0 Å². The van der Waals surface area contributed by atoms with Crippen LogP contribution in [0, 0.1) is 0 Å². The van der Waals surface area contributed by atoms with Gasteiger partial charge in [0.2, 0.25) is 0 Å². The molecule has 7 nitrogen and oxygen atoms in total. The fourth-order valence-corrected chi connectivity index (χ4v) is 2.12. The van der Waals surface area contributed by atoms with Gasteiger partial charge in [0.15, 0.2) is 0 Å². The SMILES string of the molecule is O=C(NCc1ccc(OC(F)(F)F)cc1)c1cncc(-n2ccnn2)c1. The van der Waals surface area contributed by atoms with E-state index in [2.05, 4.69) is 25.3 Å². The van der Waals surface area contributed by atoms with Crippen LogP contribution in [0.5, 0.6) is 5.75 Å². The predicted molar refractivity (Wildman–Crippen MR) is 83.4 cm³/mol. The van der Waals surface area contributed by atoms with Crippen LogP contribution < -0.4 is 10.1 Å². The fraction of sp³-hybridized carbons (Fsp3) is 0.125. The van der Waals surface area contributed by atoms with Crippen molar-refractivity contribution in [2.45, 2.75) is 12.9 Å². The Hall–Kier alpha value is -3.43. The molecule has 0 aliphatic heterocycles. The summed E-state index contributed by atoms with van der Waals surface area (Å²) in [5.41, 5.74) is 1.51. The minimum Gasteiger partial charge on any atom is -0.406 e. The first-order valence-corrected chi connectivity index (χ1v) is 7.35. The van der Waals surface area contributed by atoms with Crippen molar-refractivity contribution in [2.75, 3.05) is 0 Å². The third-order valence-corrected chi connectivity index (χ3v) is 3.28. The van der Waals surface area contributed by atoms with E-state index in [1.807, 2.05) is 0 Å². The molecule has 0 radical (unpaired) electrons. The lowest BCUT2D eigenvalue weighted by Crippen LogP contribution is -2.23. The maximum atomic E-state index is 12.2. The summed E-state index contributed by atoms with van der Waals surface area (Å²) in [4.78, 5) is 16.2. The summed E-state index contributed by atoms with van der Waals surface area (Å²) < 4.78 is 41.6. The van der Waals surface area contributed by atoms with E-state index in [9.17, 15) is 18.0 Å². The molecule has 0 saturated carbocycles. The number of carbonyl (C=O) groups excluding carboxylic acids is 1. The van der Waals surface area contributed by atoms with Gasteiger partial charge in [0.25, 0.3) is 5.91 Å². The van der Waals surface area contributed by atoms with Crippen molar-refractivity contribution in [1.82, 2.24) is 25.3 Å². The van der Waals surface area contributed by atoms with E-state index in [1.165, 1.54) is 47.5 Å². The van der Waals surface area contributed by atoms with Gasteiger partial charge >= 0.3 is 6.36 Å². The van der Waals surface area contributed by atoms with Gasteiger partial charge in [-0.1, -0.05) is 17.3 Å². The van der Waals surface area contributed by atoms with Crippen LogP contribution in [0.25, 0.3) is 5.69 Å². The van der Waals surface area contributed by atoms with Gasteiger partial charge in [-0.05, 0) is 23.8 Å². The Morgan fingerprint density at radius 1 is 1.19 bits per heavy atom. The molecule has 1 aromatic carbocycles. The number of hydrogen-bond donors (Lipinski definition) is 1. The Kier molecular flexibility index (Phi) is 4.83. The quantitative estimate of drug-likeness (QED) is 0.753.